The van der Waals surface area contributed by atoms with Crippen molar-refractivity contribution in [2.75, 3.05) is 31.5 Å². The van der Waals surface area contributed by atoms with E-state index in [-0.39, 0.29) is 17.6 Å². The molecule has 2 aliphatic heterocycles. The second-order valence-corrected chi connectivity index (χ2v) is 7.42. The molecule has 3 unspecified atom stereocenters. The summed E-state index contributed by atoms with van der Waals surface area (Å²) in [5.41, 5.74) is -0.0232. The molecule has 8 heteroatoms. The first-order chi connectivity index (χ1) is 12.5. The van der Waals surface area contributed by atoms with Crippen LogP contribution in [-0.2, 0) is 4.79 Å². The first-order valence-electron chi connectivity index (χ1n) is 9.38. The highest BCUT2D eigenvalue weighted by molar-refractivity contribution is 5.77. The molecule has 3 atom stereocenters. The molecule has 0 radical (unpaired) electrons. The number of anilines is 1. The average molecular weight is 361 g/mol. The maximum Gasteiger partial charge on any atom is 0.287 e. The molecule has 3 heterocycles. The molecule has 0 aromatic carbocycles. The van der Waals surface area contributed by atoms with Gasteiger partial charge in [-0.15, -0.1) is 0 Å². The summed E-state index contributed by atoms with van der Waals surface area (Å²) in [6, 6.07) is 3.19. The van der Waals surface area contributed by atoms with Crippen LogP contribution in [0.3, 0.4) is 0 Å². The molecular weight excluding hydrogens is 334 g/mol. The van der Waals surface area contributed by atoms with E-state index in [0.29, 0.717) is 30.6 Å². The number of piperidine rings is 1. The molecule has 26 heavy (non-hydrogen) atoms. The van der Waals surface area contributed by atoms with Gasteiger partial charge in [-0.3, -0.25) is 14.9 Å². The molecule has 8 nitrogen and oxygen atoms in total. The van der Waals surface area contributed by atoms with Crippen LogP contribution in [-0.4, -0.2) is 52.9 Å². The molecule has 1 amide bonds. The molecule has 2 aliphatic rings. The number of rotatable bonds is 6. The number of hydrogen-bond donors (Lipinski definition) is 2. The van der Waals surface area contributed by atoms with Crippen LogP contribution < -0.4 is 10.6 Å². The Balaban J connectivity index is 1.46. The molecule has 2 saturated heterocycles. The van der Waals surface area contributed by atoms with Crippen LogP contribution in [0.1, 0.15) is 32.6 Å². The van der Waals surface area contributed by atoms with Gasteiger partial charge in [0.2, 0.25) is 5.91 Å². The number of likely N-dealkylation sites (tertiary alicyclic amines) is 1. The Labute approximate surface area is 153 Å². The highest BCUT2D eigenvalue weighted by atomic mass is 16.6. The highest BCUT2D eigenvalue weighted by Crippen LogP contribution is 2.24. The van der Waals surface area contributed by atoms with Crippen LogP contribution in [0.2, 0.25) is 0 Å². The van der Waals surface area contributed by atoms with Crippen molar-refractivity contribution in [2.24, 2.45) is 11.8 Å². The van der Waals surface area contributed by atoms with Gasteiger partial charge in [-0.25, -0.2) is 4.98 Å². The number of nitro groups is 1. The molecule has 1 aromatic rings. The lowest BCUT2D eigenvalue weighted by molar-refractivity contribution is -0.385. The Bertz CT molecular complexity index is 630. The Kier molecular flexibility index (Phi) is 6.03. The first kappa shape index (κ1) is 18.6. The van der Waals surface area contributed by atoms with E-state index in [1.165, 1.54) is 25.1 Å². The van der Waals surface area contributed by atoms with Crippen molar-refractivity contribution >= 4 is 17.4 Å². The van der Waals surface area contributed by atoms with Gasteiger partial charge in [-0.1, -0.05) is 6.92 Å². The number of nitrogens with zero attached hydrogens (tertiary/aromatic N) is 3. The topological polar surface area (TPSA) is 100 Å². The Morgan fingerprint density at radius 2 is 2.35 bits per heavy atom. The number of carbonyl (C=O) groups is 1. The molecule has 0 aliphatic carbocycles. The summed E-state index contributed by atoms with van der Waals surface area (Å²) in [6.07, 6.45) is 5.12. The average Bonchev–Trinajstić information content (AvgIpc) is 3.11. The molecule has 142 valence electrons. The van der Waals surface area contributed by atoms with E-state index in [1.807, 2.05) is 4.90 Å². The van der Waals surface area contributed by atoms with Crippen LogP contribution >= 0.6 is 0 Å². The van der Waals surface area contributed by atoms with Crippen LogP contribution in [0.25, 0.3) is 0 Å². The molecule has 0 spiro atoms. The molecule has 3 rings (SSSR count). The van der Waals surface area contributed by atoms with Crippen molar-refractivity contribution in [3.8, 4) is 0 Å². The molecule has 0 bridgehead atoms. The highest BCUT2D eigenvalue weighted by Gasteiger charge is 2.29. The third-order valence-corrected chi connectivity index (χ3v) is 5.49. The van der Waals surface area contributed by atoms with Gasteiger partial charge in [-0.2, -0.15) is 0 Å². The van der Waals surface area contributed by atoms with Crippen molar-refractivity contribution in [3.63, 3.8) is 0 Å². The van der Waals surface area contributed by atoms with Crippen LogP contribution in [0.15, 0.2) is 18.3 Å². The van der Waals surface area contributed by atoms with E-state index in [4.69, 9.17) is 0 Å². The third-order valence-electron chi connectivity index (χ3n) is 5.49. The zero-order valence-electron chi connectivity index (χ0n) is 15.2. The molecule has 2 fully saturated rings. The maximum atomic E-state index is 12.6. The second-order valence-electron chi connectivity index (χ2n) is 7.42. The Morgan fingerprint density at radius 1 is 1.50 bits per heavy atom. The van der Waals surface area contributed by atoms with Crippen molar-refractivity contribution < 1.29 is 9.72 Å². The summed E-state index contributed by atoms with van der Waals surface area (Å²) in [7, 11) is 0. The van der Waals surface area contributed by atoms with Gasteiger partial charge in [0.05, 0.1) is 4.92 Å². The minimum Gasteiger partial charge on any atom is -0.365 e. The summed E-state index contributed by atoms with van der Waals surface area (Å²) >= 11 is 0. The molecule has 1 aromatic heterocycles. The van der Waals surface area contributed by atoms with Gasteiger partial charge in [-0.05, 0) is 50.3 Å². The minimum atomic E-state index is -0.463. The predicted molar refractivity (Wildman–Crippen MR) is 98.9 cm³/mol. The van der Waals surface area contributed by atoms with Gasteiger partial charge < -0.3 is 15.5 Å². The zero-order valence-corrected chi connectivity index (χ0v) is 15.2. The lowest BCUT2D eigenvalue weighted by Crippen LogP contribution is -2.37. The van der Waals surface area contributed by atoms with E-state index >= 15 is 0 Å². The fourth-order valence-electron chi connectivity index (χ4n) is 3.83. The van der Waals surface area contributed by atoms with Crippen molar-refractivity contribution in [2.45, 2.75) is 38.6 Å². The third kappa shape index (κ3) is 4.69. The number of aromatic nitrogens is 1. The van der Waals surface area contributed by atoms with E-state index in [0.717, 1.165) is 26.1 Å². The van der Waals surface area contributed by atoms with Gasteiger partial charge in [0.1, 0.15) is 12.0 Å². The largest absolute Gasteiger partial charge is 0.365 e. The van der Waals surface area contributed by atoms with E-state index in [2.05, 4.69) is 22.5 Å². The summed E-state index contributed by atoms with van der Waals surface area (Å²) < 4.78 is 0. The summed E-state index contributed by atoms with van der Waals surface area (Å²) in [5, 5.41) is 17.4. The van der Waals surface area contributed by atoms with Crippen LogP contribution in [0.5, 0.6) is 0 Å². The van der Waals surface area contributed by atoms with Crippen molar-refractivity contribution in [3.05, 3.63) is 28.4 Å². The summed E-state index contributed by atoms with van der Waals surface area (Å²) in [5.74, 6) is 1.83. The molecule has 2 N–H and O–H groups in total. The van der Waals surface area contributed by atoms with Crippen molar-refractivity contribution in [1.82, 2.24) is 15.2 Å². The molecule has 0 saturated carbocycles. The lowest BCUT2D eigenvalue weighted by atomic mass is 9.85. The quantitative estimate of drug-likeness (QED) is 0.594. The number of hydrogen-bond acceptors (Lipinski definition) is 6. The fraction of sp³-hybridized carbons (Fsp3) is 0.667. The SMILES string of the molecule is CC(CC(=O)N1CCC(Nc2ccc([N+](=O)[O-])cn2)C1)C1CCCNC1. The summed E-state index contributed by atoms with van der Waals surface area (Å²) in [6.45, 7) is 5.70. The second kappa shape index (κ2) is 8.44. The maximum absolute atomic E-state index is 12.6. The van der Waals surface area contributed by atoms with Gasteiger partial charge in [0.25, 0.3) is 5.69 Å². The van der Waals surface area contributed by atoms with E-state index in [9.17, 15) is 14.9 Å². The Morgan fingerprint density at radius 3 is 3.00 bits per heavy atom. The number of pyridine rings is 1. The number of carbonyl (C=O) groups excluding carboxylic acids is 1. The fourth-order valence-corrected chi connectivity index (χ4v) is 3.83. The van der Waals surface area contributed by atoms with Gasteiger partial charge >= 0.3 is 0 Å². The zero-order chi connectivity index (χ0) is 18.5. The van der Waals surface area contributed by atoms with Crippen LogP contribution in [0.4, 0.5) is 11.5 Å². The van der Waals surface area contributed by atoms with Crippen molar-refractivity contribution in [1.29, 1.82) is 0 Å². The minimum absolute atomic E-state index is 0.0232. The Hall–Kier alpha value is -2.22. The molecular formula is C18H27N5O3. The standard InChI is InChI=1S/C18H27N5O3/c1-13(14-3-2-7-19-10-14)9-18(24)22-8-6-15(12-22)21-17-5-4-16(11-20-17)23(25)26/h4-5,11,13-15,19H,2-3,6-10,12H2,1H3,(H,20,21). The normalized spacial score (nSPS) is 24.3. The monoisotopic (exact) mass is 361 g/mol. The van der Waals surface area contributed by atoms with Gasteiger partial charge in [0.15, 0.2) is 0 Å². The first-order valence-corrected chi connectivity index (χ1v) is 9.38. The predicted octanol–water partition coefficient (Wildman–Crippen LogP) is 2.03. The van der Waals surface area contributed by atoms with Gasteiger partial charge in [0, 0.05) is 31.6 Å². The lowest BCUT2D eigenvalue weighted by Gasteiger charge is -2.29. The van der Waals surface area contributed by atoms with E-state index < -0.39 is 4.92 Å². The van der Waals surface area contributed by atoms with Crippen LogP contribution in [0, 0.1) is 22.0 Å². The smallest absolute Gasteiger partial charge is 0.287 e. The van der Waals surface area contributed by atoms with E-state index in [1.54, 1.807) is 6.07 Å². The summed E-state index contributed by atoms with van der Waals surface area (Å²) in [4.78, 5) is 28.8. The number of amides is 1. The number of nitrogens with one attached hydrogen (secondary N) is 2.